The minimum atomic E-state index is -0.341. The standard InChI is InChI=1S/C20H19FN2O3/c1-3-25-19-9-13-6-11(2)26-18(13)10-16(19)23-20(24)17-8-12-7-14(21)4-5-15(12)22-17/h4-5,7-11,22H,3,6H2,1-2H3,(H,23,24)/t11-/m1/s1. The largest absolute Gasteiger partial charge is 0.492 e. The highest BCUT2D eigenvalue weighted by Crippen LogP contribution is 2.38. The molecule has 4 rings (SSSR count). The number of aromatic nitrogens is 1. The van der Waals surface area contributed by atoms with Crippen LogP contribution in [0.3, 0.4) is 0 Å². The van der Waals surface area contributed by atoms with Crippen molar-refractivity contribution in [3.05, 3.63) is 53.5 Å². The topological polar surface area (TPSA) is 63.3 Å². The van der Waals surface area contributed by atoms with Gasteiger partial charge in [0.1, 0.15) is 29.1 Å². The Morgan fingerprint density at radius 1 is 1.35 bits per heavy atom. The molecule has 0 bridgehead atoms. The number of hydrogen-bond donors (Lipinski definition) is 2. The van der Waals surface area contributed by atoms with Gasteiger partial charge < -0.3 is 19.8 Å². The van der Waals surface area contributed by atoms with Crippen LogP contribution in [0.5, 0.6) is 11.5 Å². The first-order valence-electron chi connectivity index (χ1n) is 8.59. The van der Waals surface area contributed by atoms with Gasteiger partial charge in [0.05, 0.1) is 12.3 Å². The van der Waals surface area contributed by atoms with E-state index in [1.807, 2.05) is 19.9 Å². The molecule has 2 N–H and O–H groups in total. The van der Waals surface area contributed by atoms with Crippen molar-refractivity contribution in [3.63, 3.8) is 0 Å². The number of anilines is 1. The van der Waals surface area contributed by atoms with Crippen LogP contribution in [0.2, 0.25) is 0 Å². The molecular weight excluding hydrogens is 335 g/mol. The third-order valence-corrected chi connectivity index (χ3v) is 4.37. The van der Waals surface area contributed by atoms with Gasteiger partial charge in [-0.15, -0.1) is 0 Å². The van der Waals surface area contributed by atoms with Gasteiger partial charge >= 0.3 is 0 Å². The predicted octanol–water partition coefficient (Wildman–Crippen LogP) is 4.28. The molecule has 0 radical (unpaired) electrons. The summed E-state index contributed by atoms with van der Waals surface area (Å²) in [5.74, 6) is 0.704. The van der Waals surface area contributed by atoms with Crippen molar-refractivity contribution in [3.8, 4) is 11.5 Å². The van der Waals surface area contributed by atoms with Crippen LogP contribution < -0.4 is 14.8 Å². The number of H-pyrrole nitrogens is 1. The zero-order chi connectivity index (χ0) is 18.3. The normalized spacial score (nSPS) is 15.6. The Kier molecular flexibility index (Phi) is 4.03. The molecule has 0 saturated carbocycles. The summed E-state index contributed by atoms with van der Waals surface area (Å²) in [6.45, 7) is 4.39. The van der Waals surface area contributed by atoms with Crippen LogP contribution in [-0.2, 0) is 6.42 Å². The summed E-state index contributed by atoms with van der Waals surface area (Å²) in [5, 5.41) is 3.51. The first kappa shape index (κ1) is 16.4. The summed E-state index contributed by atoms with van der Waals surface area (Å²) in [6, 6.07) is 9.69. The van der Waals surface area contributed by atoms with Crippen LogP contribution in [0.4, 0.5) is 10.1 Å². The molecule has 0 aliphatic carbocycles. The molecule has 1 aromatic heterocycles. The van der Waals surface area contributed by atoms with Crippen LogP contribution in [-0.4, -0.2) is 23.6 Å². The lowest BCUT2D eigenvalue weighted by Crippen LogP contribution is -2.13. The molecule has 0 spiro atoms. The third kappa shape index (κ3) is 2.98. The highest BCUT2D eigenvalue weighted by atomic mass is 19.1. The van der Waals surface area contributed by atoms with E-state index in [4.69, 9.17) is 9.47 Å². The molecule has 0 saturated heterocycles. The molecule has 2 aromatic carbocycles. The van der Waals surface area contributed by atoms with E-state index in [2.05, 4.69) is 10.3 Å². The fraction of sp³-hybridized carbons (Fsp3) is 0.250. The second-order valence-electron chi connectivity index (χ2n) is 6.39. The van der Waals surface area contributed by atoms with Gasteiger partial charge in [0, 0.05) is 29.0 Å². The number of benzene rings is 2. The van der Waals surface area contributed by atoms with Gasteiger partial charge in [-0.25, -0.2) is 4.39 Å². The average molecular weight is 354 g/mol. The van der Waals surface area contributed by atoms with E-state index >= 15 is 0 Å². The maximum atomic E-state index is 13.3. The monoisotopic (exact) mass is 354 g/mol. The molecule has 1 aliphatic rings. The highest BCUT2D eigenvalue weighted by molar-refractivity contribution is 6.06. The van der Waals surface area contributed by atoms with Crippen molar-refractivity contribution >= 4 is 22.5 Å². The van der Waals surface area contributed by atoms with Crippen molar-refractivity contribution in [2.24, 2.45) is 0 Å². The second-order valence-corrected chi connectivity index (χ2v) is 6.39. The first-order valence-corrected chi connectivity index (χ1v) is 8.59. The van der Waals surface area contributed by atoms with E-state index in [0.29, 0.717) is 34.6 Å². The molecule has 6 heteroatoms. The van der Waals surface area contributed by atoms with Gasteiger partial charge in [-0.05, 0) is 44.2 Å². The quantitative estimate of drug-likeness (QED) is 0.735. The zero-order valence-corrected chi connectivity index (χ0v) is 14.6. The second kappa shape index (κ2) is 6.37. The fourth-order valence-corrected chi connectivity index (χ4v) is 3.23. The number of halogens is 1. The number of amides is 1. The predicted molar refractivity (Wildman–Crippen MR) is 97.6 cm³/mol. The lowest BCUT2D eigenvalue weighted by molar-refractivity contribution is 0.102. The first-order chi connectivity index (χ1) is 12.5. The van der Waals surface area contributed by atoms with Gasteiger partial charge in [-0.1, -0.05) is 0 Å². The highest BCUT2D eigenvalue weighted by Gasteiger charge is 2.23. The number of hydrogen-bond acceptors (Lipinski definition) is 3. The maximum absolute atomic E-state index is 13.3. The third-order valence-electron chi connectivity index (χ3n) is 4.37. The molecule has 0 unspecified atom stereocenters. The van der Waals surface area contributed by atoms with Crippen LogP contribution in [0, 0.1) is 5.82 Å². The van der Waals surface area contributed by atoms with Gasteiger partial charge in [0.15, 0.2) is 0 Å². The SMILES string of the molecule is CCOc1cc2c(cc1NC(=O)c1cc3cc(F)ccc3[nH]1)O[C@H](C)C2. The van der Waals surface area contributed by atoms with Gasteiger partial charge in [0.25, 0.3) is 5.91 Å². The number of carbonyl (C=O) groups is 1. The molecule has 2 heterocycles. The van der Waals surface area contributed by atoms with E-state index in [0.717, 1.165) is 17.7 Å². The van der Waals surface area contributed by atoms with Crippen molar-refractivity contribution in [1.82, 2.24) is 4.98 Å². The minimum absolute atomic E-state index is 0.106. The lowest BCUT2D eigenvalue weighted by atomic mass is 10.1. The van der Waals surface area contributed by atoms with Crippen LogP contribution >= 0.6 is 0 Å². The maximum Gasteiger partial charge on any atom is 0.272 e. The summed E-state index contributed by atoms with van der Waals surface area (Å²) in [6.07, 6.45) is 0.922. The van der Waals surface area contributed by atoms with E-state index < -0.39 is 0 Å². The Bertz CT molecular complexity index is 996. The fourth-order valence-electron chi connectivity index (χ4n) is 3.23. The van der Waals surface area contributed by atoms with Crippen molar-refractivity contribution in [2.75, 3.05) is 11.9 Å². The van der Waals surface area contributed by atoms with Gasteiger partial charge in [0.2, 0.25) is 0 Å². The number of fused-ring (bicyclic) bond motifs is 2. The minimum Gasteiger partial charge on any atom is -0.492 e. The molecule has 1 aliphatic heterocycles. The lowest BCUT2D eigenvalue weighted by Gasteiger charge is -2.13. The molecule has 134 valence electrons. The van der Waals surface area contributed by atoms with E-state index in [-0.39, 0.29) is 17.8 Å². The zero-order valence-electron chi connectivity index (χ0n) is 14.6. The summed E-state index contributed by atoms with van der Waals surface area (Å²) in [7, 11) is 0. The Balaban J connectivity index is 1.65. The molecular formula is C20H19FN2O3. The van der Waals surface area contributed by atoms with Crippen molar-refractivity contribution in [1.29, 1.82) is 0 Å². The number of nitrogens with one attached hydrogen (secondary N) is 2. The molecule has 1 amide bonds. The summed E-state index contributed by atoms with van der Waals surface area (Å²) < 4.78 is 24.8. The van der Waals surface area contributed by atoms with E-state index in [9.17, 15) is 9.18 Å². The van der Waals surface area contributed by atoms with Gasteiger partial charge in [-0.3, -0.25) is 4.79 Å². The molecule has 26 heavy (non-hydrogen) atoms. The van der Waals surface area contributed by atoms with Crippen molar-refractivity contribution < 1.29 is 18.7 Å². The number of ether oxygens (including phenoxy) is 2. The Hall–Kier alpha value is -3.02. The smallest absolute Gasteiger partial charge is 0.272 e. The van der Waals surface area contributed by atoms with Crippen LogP contribution in [0.25, 0.3) is 10.9 Å². The van der Waals surface area contributed by atoms with Crippen molar-refractivity contribution in [2.45, 2.75) is 26.4 Å². The van der Waals surface area contributed by atoms with Gasteiger partial charge in [-0.2, -0.15) is 0 Å². The molecule has 5 nitrogen and oxygen atoms in total. The van der Waals surface area contributed by atoms with Crippen LogP contribution in [0.15, 0.2) is 36.4 Å². The summed E-state index contributed by atoms with van der Waals surface area (Å²) in [4.78, 5) is 15.7. The molecule has 0 fully saturated rings. The van der Waals surface area contributed by atoms with E-state index in [1.165, 1.54) is 12.1 Å². The Labute approximate surface area is 150 Å². The molecule has 1 atom stereocenters. The Morgan fingerprint density at radius 3 is 3.00 bits per heavy atom. The summed E-state index contributed by atoms with van der Waals surface area (Å²) in [5.41, 5.74) is 2.67. The number of carbonyl (C=O) groups excluding carboxylic acids is 1. The number of rotatable bonds is 4. The average Bonchev–Trinajstić information content (AvgIpc) is 3.17. The number of aromatic amines is 1. The van der Waals surface area contributed by atoms with Crippen LogP contribution in [0.1, 0.15) is 29.9 Å². The van der Waals surface area contributed by atoms with E-state index in [1.54, 1.807) is 18.2 Å². The molecule has 3 aromatic rings. The Morgan fingerprint density at radius 2 is 2.19 bits per heavy atom. The summed E-state index contributed by atoms with van der Waals surface area (Å²) >= 11 is 0.